The predicted octanol–water partition coefficient (Wildman–Crippen LogP) is 5.71. The van der Waals surface area contributed by atoms with E-state index in [0.29, 0.717) is 13.0 Å². The summed E-state index contributed by atoms with van der Waals surface area (Å²) in [5.74, 6) is 0.0915. The zero-order valence-corrected chi connectivity index (χ0v) is 15.7. The van der Waals surface area contributed by atoms with Crippen molar-refractivity contribution in [3.05, 3.63) is 42.3 Å². The average Bonchev–Trinajstić information content (AvgIpc) is 3.09. The summed E-state index contributed by atoms with van der Waals surface area (Å²) in [6.07, 6.45) is 8.19. The van der Waals surface area contributed by atoms with Crippen LogP contribution >= 0.6 is 11.3 Å². The molecule has 2 N–H and O–H groups in total. The second kappa shape index (κ2) is 10.7. The maximum absolute atomic E-state index is 12.0. The lowest BCUT2D eigenvalue weighted by Crippen LogP contribution is -2.10. The van der Waals surface area contributed by atoms with Gasteiger partial charge in [-0.25, -0.2) is 4.98 Å². The smallest absolute Gasteiger partial charge is 0.224 e. The van der Waals surface area contributed by atoms with Crippen LogP contribution < -0.4 is 10.6 Å². The first-order valence-electron chi connectivity index (χ1n) is 8.93. The van der Waals surface area contributed by atoms with Gasteiger partial charge in [0.05, 0.1) is 5.69 Å². The van der Waals surface area contributed by atoms with Crippen molar-refractivity contribution in [1.29, 1.82) is 0 Å². The first-order chi connectivity index (χ1) is 12.2. The largest absolute Gasteiger partial charge is 0.358 e. The van der Waals surface area contributed by atoms with E-state index in [1.54, 1.807) is 11.3 Å². The molecule has 1 amide bonds. The molecule has 1 heterocycles. The molecular weight excluding hydrogens is 330 g/mol. The van der Waals surface area contributed by atoms with E-state index in [2.05, 4.69) is 29.1 Å². The van der Waals surface area contributed by atoms with Crippen LogP contribution in [0.15, 0.2) is 42.3 Å². The van der Waals surface area contributed by atoms with Crippen molar-refractivity contribution in [2.75, 3.05) is 17.2 Å². The number of unbranched alkanes of at least 4 members (excludes halogenated alkanes) is 4. The zero-order valence-electron chi connectivity index (χ0n) is 14.9. The van der Waals surface area contributed by atoms with Gasteiger partial charge in [0.2, 0.25) is 5.91 Å². The molecular formula is C20H27N3OS. The number of hydrogen-bond donors (Lipinski definition) is 2. The molecule has 1 aromatic carbocycles. The second-order valence-electron chi connectivity index (χ2n) is 6.00. The van der Waals surface area contributed by atoms with Crippen LogP contribution in [0.5, 0.6) is 0 Å². The van der Waals surface area contributed by atoms with Crippen LogP contribution in [-0.4, -0.2) is 17.4 Å². The fraction of sp³-hybridized carbons (Fsp3) is 0.400. The number of anilines is 2. The van der Waals surface area contributed by atoms with E-state index in [9.17, 15) is 4.79 Å². The predicted molar refractivity (Wildman–Crippen MR) is 108 cm³/mol. The number of benzene rings is 1. The number of carbonyl (C=O) groups excluding carboxylic acids is 1. The number of rotatable bonds is 11. The Kier molecular flexibility index (Phi) is 8.19. The summed E-state index contributed by atoms with van der Waals surface area (Å²) in [6, 6.07) is 7.84. The topological polar surface area (TPSA) is 54.0 Å². The quantitative estimate of drug-likeness (QED) is 0.400. The molecule has 1 aromatic heterocycles. The van der Waals surface area contributed by atoms with Crippen molar-refractivity contribution in [3.8, 4) is 11.3 Å². The maximum Gasteiger partial charge on any atom is 0.224 e. The average molecular weight is 358 g/mol. The van der Waals surface area contributed by atoms with E-state index in [1.807, 2.05) is 35.7 Å². The summed E-state index contributed by atoms with van der Waals surface area (Å²) in [4.78, 5) is 16.5. The Hall–Kier alpha value is -2.14. The Morgan fingerprint density at radius 2 is 1.96 bits per heavy atom. The lowest BCUT2D eigenvalue weighted by molar-refractivity contribution is -0.116. The Morgan fingerprint density at radius 3 is 2.68 bits per heavy atom. The fourth-order valence-corrected chi connectivity index (χ4v) is 3.21. The van der Waals surface area contributed by atoms with Gasteiger partial charge in [0.15, 0.2) is 5.13 Å². The molecule has 2 rings (SSSR count). The van der Waals surface area contributed by atoms with Crippen LogP contribution in [0.2, 0.25) is 0 Å². The summed E-state index contributed by atoms with van der Waals surface area (Å²) in [5, 5.41) is 9.06. The number of hydrogen-bond acceptors (Lipinski definition) is 4. The number of carbonyl (C=O) groups is 1. The molecule has 0 atom stereocenters. The Balaban J connectivity index is 1.82. The van der Waals surface area contributed by atoms with Gasteiger partial charge in [0.25, 0.3) is 0 Å². The van der Waals surface area contributed by atoms with Gasteiger partial charge in [0.1, 0.15) is 0 Å². The van der Waals surface area contributed by atoms with Gasteiger partial charge in [-0.3, -0.25) is 4.79 Å². The monoisotopic (exact) mass is 357 g/mol. The standard InChI is InChI=1S/C20H27N3OS/c1-3-5-6-7-8-9-19(24)22-17-12-10-16(11-13-17)18-15-25-20(23-18)21-14-4-2/h4,10-13,15H,2-3,5-9,14H2,1H3,(H,21,23)(H,22,24). The molecule has 0 fully saturated rings. The first kappa shape index (κ1) is 19.2. The highest BCUT2D eigenvalue weighted by atomic mass is 32.1. The van der Waals surface area contributed by atoms with Crippen molar-refractivity contribution in [2.45, 2.75) is 45.4 Å². The van der Waals surface area contributed by atoms with Crippen LogP contribution in [-0.2, 0) is 4.79 Å². The van der Waals surface area contributed by atoms with Gasteiger partial charge in [0, 0.05) is 29.6 Å². The zero-order chi connectivity index (χ0) is 17.9. The fourth-order valence-electron chi connectivity index (χ4n) is 2.48. The minimum Gasteiger partial charge on any atom is -0.358 e. The van der Waals surface area contributed by atoms with Gasteiger partial charge >= 0.3 is 0 Å². The summed E-state index contributed by atoms with van der Waals surface area (Å²) in [7, 11) is 0. The number of nitrogens with zero attached hydrogens (tertiary/aromatic N) is 1. The number of nitrogens with one attached hydrogen (secondary N) is 2. The second-order valence-corrected chi connectivity index (χ2v) is 6.86. The summed E-state index contributed by atoms with van der Waals surface area (Å²) < 4.78 is 0. The normalized spacial score (nSPS) is 10.4. The molecule has 0 saturated heterocycles. The highest BCUT2D eigenvalue weighted by molar-refractivity contribution is 7.14. The first-order valence-corrected chi connectivity index (χ1v) is 9.81. The Morgan fingerprint density at radius 1 is 1.20 bits per heavy atom. The minimum absolute atomic E-state index is 0.0915. The molecule has 0 aliphatic rings. The van der Waals surface area contributed by atoms with Gasteiger partial charge < -0.3 is 10.6 Å². The number of thiazole rings is 1. The van der Waals surface area contributed by atoms with E-state index in [-0.39, 0.29) is 5.91 Å². The summed E-state index contributed by atoms with van der Waals surface area (Å²) >= 11 is 1.57. The van der Waals surface area contributed by atoms with E-state index in [4.69, 9.17) is 0 Å². The Bertz CT molecular complexity index is 664. The van der Waals surface area contributed by atoms with Crippen molar-refractivity contribution < 1.29 is 4.79 Å². The molecule has 25 heavy (non-hydrogen) atoms. The highest BCUT2D eigenvalue weighted by Gasteiger charge is 2.06. The van der Waals surface area contributed by atoms with Crippen molar-refractivity contribution >= 4 is 28.1 Å². The van der Waals surface area contributed by atoms with Gasteiger partial charge in [-0.1, -0.05) is 50.8 Å². The molecule has 0 saturated carbocycles. The highest BCUT2D eigenvalue weighted by Crippen LogP contribution is 2.26. The van der Waals surface area contributed by atoms with Crippen LogP contribution in [0.3, 0.4) is 0 Å². The number of amides is 1. The summed E-state index contributed by atoms with van der Waals surface area (Å²) in [6.45, 7) is 6.59. The van der Waals surface area contributed by atoms with E-state index < -0.39 is 0 Å². The molecule has 0 radical (unpaired) electrons. The van der Waals surface area contributed by atoms with Crippen molar-refractivity contribution in [2.24, 2.45) is 0 Å². The molecule has 2 aromatic rings. The van der Waals surface area contributed by atoms with Gasteiger partial charge in [-0.15, -0.1) is 17.9 Å². The van der Waals surface area contributed by atoms with Crippen LogP contribution in [0.1, 0.15) is 45.4 Å². The Labute approximate surface area is 154 Å². The lowest BCUT2D eigenvalue weighted by atomic mass is 10.1. The third kappa shape index (κ3) is 6.70. The third-order valence-corrected chi connectivity index (χ3v) is 4.67. The van der Waals surface area contributed by atoms with Crippen LogP contribution in [0.25, 0.3) is 11.3 Å². The lowest BCUT2D eigenvalue weighted by Gasteiger charge is -2.06. The van der Waals surface area contributed by atoms with Crippen molar-refractivity contribution in [1.82, 2.24) is 4.98 Å². The molecule has 0 bridgehead atoms. The van der Waals surface area contributed by atoms with E-state index in [0.717, 1.165) is 34.9 Å². The SMILES string of the molecule is C=CCNc1nc(-c2ccc(NC(=O)CCCCCCC)cc2)cs1. The molecule has 134 valence electrons. The number of aromatic nitrogens is 1. The molecule has 0 aliphatic heterocycles. The molecule has 0 aliphatic carbocycles. The van der Waals surface area contributed by atoms with E-state index >= 15 is 0 Å². The van der Waals surface area contributed by atoms with Crippen molar-refractivity contribution in [3.63, 3.8) is 0 Å². The minimum atomic E-state index is 0.0915. The molecule has 4 nitrogen and oxygen atoms in total. The molecule has 0 spiro atoms. The third-order valence-electron chi connectivity index (χ3n) is 3.87. The van der Waals surface area contributed by atoms with Crippen LogP contribution in [0, 0.1) is 0 Å². The van der Waals surface area contributed by atoms with Gasteiger partial charge in [-0.2, -0.15) is 0 Å². The van der Waals surface area contributed by atoms with E-state index in [1.165, 1.54) is 19.3 Å². The maximum atomic E-state index is 12.0. The molecule has 0 unspecified atom stereocenters. The van der Waals surface area contributed by atoms with Crippen LogP contribution in [0.4, 0.5) is 10.8 Å². The van der Waals surface area contributed by atoms with Gasteiger partial charge in [-0.05, 0) is 18.6 Å². The molecule has 5 heteroatoms. The summed E-state index contributed by atoms with van der Waals surface area (Å²) in [5.41, 5.74) is 2.81.